The molecule has 0 fully saturated rings. The fourth-order valence-electron chi connectivity index (χ4n) is 4.07. The molecule has 0 aromatic heterocycles. The summed E-state index contributed by atoms with van der Waals surface area (Å²) in [5.41, 5.74) is 1.52. The quantitative estimate of drug-likeness (QED) is 0.488. The number of benzene rings is 2. The summed E-state index contributed by atoms with van der Waals surface area (Å²) >= 11 is 6.33. The van der Waals surface area contributed by atoms with Crippen molar-refractivity contribution in [3.05, 3.63) is 70.2 Å². The van der Waals surface area contributed by atoms with E-state index in [1.807, 2.05) is 32.0 Å². The lowest BCUT2D eigenvalue weighted by molar-refractivity contribution is -0.141. The Morgan fingerprint density at radius 2 is 1.62 bits per heavy atom. The van der Waals surface area contributed by atoms with Crippen molar-refractivity contribution in [2.45, 2.75) is 52.1 Å². The molecule has 1 atom stereocenters. The number of hydrogen-bond acceptors (Lipinski definition) is 4. The van der Waals surface area contributed by atoms with Crippen LogP contribution in [-0.4, -0.2) is 52.6 Å². The van der Waals surface area contributed by atoms with Gasteiger partial charge in [-0.1, -0.05) is 55.8 Å². The molecule has 1 aliphatic rings. The zero-order valence-electron chi connectivity index (χ0n) is 19.6. The number of amides is 4. The van der Waals surface area contributed by atoms with Gasteiger partial charge in [0.15, 0.2) is 0 Å². The molecule has 0 saturated carbocycles. The molecule has 2 aromatic rings. The van der Waals surface area contributed by atoms with Gasteiger partial charge in [-0.25, -0.2) is 0 Å². The van der Waals surface area contributed by atoms with Crippen LogP contribution in [0.2, 0.25) is 5.02 Å². The Hall–Kier alpha value is -3.19. The second kappa shape index (κ2) is 11.8. The first-order chi connectivity index (χ1) is 16.4. The van der Waals surface area contributed by atoms with Crippen molar-refractivity contribution < 1.29 is 19.2 Å². The minimum Gasteiger partial charge on any atom is -0.354 e. The van der Waals surface area contributed by atoms with Crippen LogP contribution in [0.1, 0.15) is 65.8 Å². The van der Waals surface area contributed by atoms with E-state index in [1.54, 1.807) is 35.2 Å². The van der Waals surface area contributed by atoms with Gasteiger partial charge in [0.05, 0.1) is 11.1 Å². The van der Waals surface area contributed by atoms with Crippen molar-refractivity contribution in [2.75, 3.05) is 13.1 Å². The standard InChI is InChI=1S/C26H30ClN3O4/c1-3-15-28-24(32)22(4-2)30(17-18-10-5-8-13-21(18)27)23(31)14-9-16-29-25(33)19-11-6-7-12-20(19)26(29)34/h5-8,10-13,22H,3-4,9,14-17H2,1-2H3,(H,28,32)/t22-/m1/s1. The number of halogens is 1. The maximum absolute atomic E-state index is 13.3. The molecule has 1 N–H and O–H groups in total. The Bertz CT molecular complexity index is 1040. The monoisotopic (exact) mass is 483 g/mol. The summed E-state index contributed by atoms with van der Waals surface area (Å²) in [6.45, 7) is 4.69. The van der Waals surface area contributed by atoms with Gasteiger partial charge in [0.25, 0.3) is 11.8 Å². The molecule has 8 heteroatoms. The molecule has 34 heavy (non-hydrogen) atoms. The Kier molecular flexibility index (Phi) is 8.82. The summed E-state index contributed by atoms with van der Waals surface area (Å²) in [7, 11) is 0. The number of hydrogen-bond donors (Lipinski definition) is 1. The van der Waals surface area contributed by atoms with Crippen LogP contribution in [0.25, 0.3) is 0 Å². The van der Waals surface area contributed by atoms with E-state index >= 15 is 0 Å². The zero-order chi connectivity index (χ0) is 24.7. The van der Waals surface area contributed by atoms with Gasteiger partial charge in [0, 0.05) is 31.1 Å². The molecule has 1 aliphatic heterocycles. The fourth-order valence-corrected chi connectivity index (χ4v) is 4.27. The lowest BCUT2D eigenvalue weighted by Crippen LogP contribution is -2.49. The summed E-state index contributed by atoms with van der Waals surface area (Å²) in [5.74, 6) is -1.11. The fraction of sp³-hybridized carbons (Fsp3) is 0.385. The minimum atomic E-state index is -0.644. The van der Waals surface area contributed by atoms with E-state index in [9.17, 15) is 19.2 Å². The third-order valence-corrected chi connectivity index (χ3v) is 6.25. The molecule has 0 saturated heterocycles. The first kappa shape index (κ1) is 25.4. The van der Waals surface area contributed by atoms with E-state index < -0.39 is 6.04 Å². The number of rotatable bonds is 11. The molecule has 1 heterocycles. The molecule has 4 amide bonds. The second-order valence-corrected chi connectivity index (χ2v) is 8.65. The van der Waals surface area contributed by atoms with E-state index in [0.29, 0.717) is 35.5 Å². The highest BCUT2D eigenvalue weighted by Crippen LogP contribution is 2.24. The Morgan fingerprint density at radius 1 is 1.00 bits per heavy atom. The van der Waals surface area contributed by atoms with Gasteiger partial charge in [-0.2, -0.15) is 0 Å². The third-order valence-electron chi connectivity index (χ3n) is 5.88. The van der Waals surface area contributed by atoms with Gasteiger partial charge in [-0.3, -0.25) is 24.1 Å². The molecule has 2 aromatic carbocycles. The molecule has 180 valence electrons. The second-order valence-electron chi connectivity index (χ2n) is 8.24. The maximum Gasteiger partial charge on any atom is 0.261 e. The molecule has 3 rings (SSSR count). The molecular formula is C26H30ClN3O4. The van der Waals surface area contributed by atoms with E-state index in [4.69, 9.17) is 11.6 Å². The number of nitrogens with zero attached hydrogens (tertiary/aromatic N) is 2. The van der Waals surface area contributed by atoms with Gasteiger partial charge >= 0.3 is 0 Å². The van der Waals surface area contributed by atoms with Crippen LogP contribution in [0.15, 0.2) is 48.5 Å². The van der Waals surface area contributed by atoms with Crippen LogP contribution in [-0.2, 0) is 16.1 Å². The van der Waals surface area contributed by atoms with E-state index in [1.165, 1.54) is 4.90 Å². The average Bonchev–Trinajstić information content (AvgIpc) is 3.08. The van der Waals surface area contributed by atoms with Crippen molar-refractivity contribution in [2.24, 2.45) is 0 Å². The molecule has 7 nitrogen and oxygen atoms in total. The summed E-state index contributed by atoms with van der Waals surface area (Å²) in [6.07, 6.45) is 1.64. The molecule has 0 radical (unpaired) electrons. The highest BCUT2D eigenvalue weighted by atomic mass is 35.5. The summed E-state index contributed by atoms with van der Waals surface area (Å²) in [6, 6.07) is 13.3. The summed E-state index contributed by atoms with van der Waals surface area (Å²) < 4.78 is 0. The number of imide groups is 1. The van der Waals surface area contributed by atoms with Gasteiger partial charge in [-0.15, -0.1) is 0 Å². The highest BCUT2D eigenvalue weighted by molar-refractivity contribution is 6.31. The van der Waals surface area contributed by atoms with E-state index in [-0.39, 0.29) is 43.1 Å². The van der Waals surface area contributed by atoms with Gasteiger partial charge < -0.3 is 10.2 Å². The van der Waals surface area contributed by atoms with Crippen LogP contribution in [0.5, 0.6) is 0 Å². The average molecular weight is 484 g/mol. The van der Waals surface area contributed by atoms with Crippen LogP contribution in [0.4, 0.5) is 0 Å². The molecule has 0 bridgehead atoms. The number of carbonyl (C=O) groups excluding carboxylic acids is 4. The lowest BCUT2D eigenvalue weighted by Gasteiger charge is -2.31. The van der Waals surface area contributed by atoms with Crippen molar-refractivity contribution in [1.29, 1.82) is 0 Å². The van der Waals surface area contributed by atoms with Crippen LogP contribution in [0.3, 0.4) is 0 Å². The smallest absolute Gasteiger partial charge is 0.261 e. The number of fused-ring (bicyclic) bond motifs is 1. The number of nitrogens with one attached hydrogen (secondary N) is 1. The molecular weight excluding hydrogens is 454 g/mol. The topological polar surface area (TPSA) is 86.8 Å². The van der Waals surface area contributed by atoms with Crippen molar-refractivity contribution in [3.8, 4) is 0 Å². The number of carbonyl (C=O) groups is 4. The zero-order valence-corrected chi connectivity index (χ0v) is 20.3. The first-order valence-electron chi connectivity index (χ1n) is 11.6. The lowest BCUT2D eigenvalue weighted by atomic mass is 10.1. The van der Waals surface area contributed by atoms with E-state index in [2.05, 4.69) is 5.32 Å². The third kappa shape index (κ3) is 5.65. The van der Waals surface area contributed by atoms with Crippen molar-refractivity contribution >= 4 is 35.2 Å². The van der Waals surface area contributed by atoms with E-state index in [0.717, 1.165) is 12.0 Å². The SMILES string of the molecule is CCCNC(=O)[C@@H](CC)N(Cc1ccccc1Cl)C(=O)CCCN1C(=O)c2ccccc2C1=O. The largest absolute Gasteiger partial charge is 0.354 e. The van der Waals surface area contributed by atoms with Crippen LogP contribution < -0.4 is 5.32 Å². The molecule has 0 aliphatic carbocycles. The van der Waals surface area contributed by atoms with Crippen molar-refractivity contribution in [3.63, 3.8) is 0 Å². The van der Waals surface area contributed by atoms with Gasteiger partial charge in [0.2, 0.25) is 11.8 Å². The van der Waals surface area contributed by atoms with Gasteiger partial charge in [-0.05, 0) is 43.0 Å². The van der Waals surface area contributed by atoms with Gasteiger partial charge in [0.1, 0.15) is 6.04 Å². The predicted molar refractivity (Wildman–Crippen MR) is 130 cm³/mol. The molecule has 0 spiro atoms. The summed E-state index contributed by atoms with van der Waals surface area (Å²) in [5, 5.41) is 3.40. The molecule has 0 unspecified atom stereocenters. The highest BCUT2D eigenvalue weighted by Gasteiger charge is 2.35. The maximum atomic E-state index is 13.3. The Balaban J connectivity index is 1.71. The Labute approximate surface area is 205 Å². The predicted octanol–water partition coefficient (Wildman–Crippen LogP) is 4.05. The minimum absolute atomic E-state index is 0.0927. The normalized spacial score (nSPS) is 13.6. The Morgan fingerprint density at radius 3 is 2.21 bits per heavy atom. The van der Waals surface area contributed by atoms with Crippen molar-refractivity contribution in [1.82, 2.24) is 15.1 Å². The first-order valence-corrected chi connectivity index (χ1v) is 12.0. The summed E-state index contributed by atoms with van der Waals surface area (Å²) in [4.78, 5) is 54.0. The van der Waals surface area contributed by atoms with Crippen LogP contribution in [0, 0.1) is 0 Å². The van der Waals surface area contributed by atoms with Crippen LogP contribution >= 0.6 is 11.6 Å².